The van der Waals surface area contributed by atoms with Crippen molar-refractivity contribution in [1.29, 1.82) is 5.26 Å². The van der Waals surface area contributed by atoms with Crippen LogP contribution >= 0.6 is 0 Å². The van der Waals surface area contributed by atoms with Crippen molar-refractivity contribution in [3.63, 3.8) is 0 Å². The van der Waals surface area contributed by atoms with E-state index in [0.717, 1.165) is 24.4 Å². The van der Waals surface area contributed by atoms with Crippen LogP contribution in [0.15, 0.2) is 24.3 Å². The highest BCUT2D eigenvalue weighted by Gasteiger charge is 2.24. The maximum absolute atomic E-state index is 9.09. The molecule has 1 aromatic carbocycles. The molecule has 20 heavy (non-hydrogen) atoms. The normalized spacial score (nSPS) is 14.8. The van der Waals surface area contributed by atoms with Crippen molar-refractivity contribution in [2.75, 3.05) is 26.3 Å². The van der Waals surface area contributed by atoms with Crippen molar-refractivity contribution in [3.05, 3.63) is 29.8 Å². The summed E-state index contributed by atoms with van der Waals surface area (Å²) in [6, 6.07) is 10.4. The van der Waals surface area contributed by atoms with Gasteiger partial charge in [0.2, 0.25) is 0 Å². The summed E-state index contributed by atoms with van der Waals surface area (Å²) in [5, 5.41) is 17.7. The smallest absolute Gasteiger partial charge is 0.119 e. The highest BCUT2D eigenvalue weighted by Crippen LogP contribution is 2.24. The van der Waals surface area contributed by atoms with Crippen LogP contribution in [0, 0.1) is 11.3 Å². The van der Waals surface area contributed by atoms with E-state index in [1.54, 1.807) is 0 Å². The second kappa shape index (κ2) is 7.88. The molecule has 0 aromatic heterocycles. The standard InChI is InChI=1S/C16H22N2O2/c17-9-8-14-4-6-16(7-5-14)20-13-11-18(10-12-19)15-2-1-3-15/h4-7,15,19H,1-3,8,10-13H2. The Morgan fingerprint density at radius 3 is 2.55 bits per heavy atom. The Labute approximate surface area is 120 Å². The number of nitriles is 1. The zero-order valence-electron chi connectivity index (χ0n) is 11.8. The lowest BCUT2D eigenvalue weighted by Gasteiger charge is -2.37. The van der Waals surface area contributed by atoms with Gasteiger partial charge in [-0.3, -0.25) is 4.90 Å². The molecule has 1 aliphatic carbocycles. The first-order valence-electron chi connectivity index (χ1n) is 7.27. The Morgan fingerprint density at radius 1 is 1.25 bits per heavy atom. The van der Waals surface area contributed by atoms with Gasteiger partial charge in [-0.25, -0.2) is 0 Å². The molecule has 0 radical (unpaired) electrons. The van der Waals surface area contributed by atoms with Crippen molar-refractivity contribution >= 4 is 0 Å². The summed E-state index contributed by atoms with van der Waals surface area (Å²) in [4.78, 5) is 2.31. The minimum absolute atomic E-state index is 0.208. The molecule has 1 fully saturated rings. The van der Waals surface area contributed by atoms with Crippen molar-refractivity contribution in [2.24, 2.45) is 0 Å². The average Bonchev–Trinajstić information content (AvgIpc) is 2.39. The van der Waals surface area contributed by atoms with Gasteiger partial charge in [0.05, 0.1) is 19.1 Å². The maximum Gasteiger partial charge on any atom is 0.119 e. The third kappa shape index (κ3) is 4.22. The van der Waals surface area contributed by atoms with E-state index in [0.29, 0.717) is 19.1 Å². The van der Waals surface area contributed by atoms with Crippen molar-refractivity contribution in [3.8, 4) is 11.8 Å². The largest absolute Gasteiger partial charge is 0.492 e. The molecule has 0 bridgehead atoms. The molecule has 0 aliphatic heterocycles. The van der Waals surface area contributed by atoms with Crippen LogP contribution in [0.25, 0.3) is 0 Å². The lowest BCUT2D eigenvalue weighted by Crippen LogP contribution is -2.43. The van der Waals surface area contributed by atoms with Crippen molar-refractivity contribution in [2.45, 2.75) is 31.7 Å². The minimum atomic E-state index is 0.208. The summed E-state index contributed by atoms with van der Waals surface area (Å²) in [7, 11) is 0. The van der Waals surface area contributed by atoms with Gasteiger partial charge in [0.1, 0.15) is 12.4 Å². The van der Waals surface area contributed by atoms with Gasteiger partial charge in [-0.2, -0.15) is 5.26 Å². The molecule has 0 atom stereocenters. The summed E-state index contributed by atoms with van der Waals surface area (Å²) >= 11 is 0. The predicted molar refractivity (Wildman–Crippen MR) is 77.6 cm³/mol. The van der Waals surface area contributed by atoms with E-state index in [9.17, 15) is 0 Å². The molecule has 4 heteroatoms. The summed E-state index contributed by atoms with van der Waals surface area (Å²) in [6.07, 6.45) is 4.21. The van der Waals surface area contributed by atoms with Crippen LogP contribution < -0.4 is 4.74 Å². The van der Waals surface area contributed by atoms with Crippen LogP contribution in [0.1, 0.15) is 24.8 Å². The summed E-state index contributed by atoms with van der Waals surface area (Å²) in [5.41, 5.74) is 1.01. The number of benzene rings is 1. The van der Waals surface area contributed by atoms with Crippen LogP contribution in [0.4, 0.5) is 0 Å². The first-order chi connectivity index (χ1) is 9.83. The molecule has 2 rings (SSSR count). The van der Waals surface area contributed by atoms with E-state index in [1.807, 2.05) is 24.3 Å². The highest BCUT2D eigenvalue weighted by atomic mass is 16.5. The number of rotatable bonds is 8. The summed E-state index contributed by atoms with van der Waals surface area (Å²) in [6.45, 7) is 2.42. The van der Waals surface area contributed by atoms with Gasteiger partial charge in [0.25, 0.3) is 0 Å². The van der Waals surface area contributed by atoms with Gasteiger partial charge in [0, 0.05) is 19.1 Å². The summed E-state index contributed by atoms with van der Waals surface area (Å²) < 4.78 is 5.73. The third-order valence-electron chi connectivity index (χ3n) is 3.83. The van der Waals surface area contributed by atoms with Crippen LogP contribution in [0.2, 0.25) is 0 Å². The monoisotopic (exact) mass is 274 g/mol. The molecule has 0 saturated heterocycles. The fraction of sp³-hybridized carbons (Fsp3) is 0.562. The third-order valence-corrected chi connectivity index (χ3v) is 3.83. The van der Waals surface area contributed by atoms with E-state index in [-0.39, 0.29) is 6.61 Å². The van der Waals surface area contributed by atoms with Crippen molar-refractivity contribution in [1.82, 2.24) is 4.90 Å². The minimum Gasteiger partial charge on any atom is -0.492 e. The van der Waals surface area contributed by atoms with E-state index in [2.05, 4.69) is 11.0 Å². The van der Waals surface area contributed by atoms with Gasteiger partial charge in [-0.15, -0.1) is 0 Å². The zero-order valence-corrected chi connectivity index (χ0v) is 11.8. The number of ether oxygens (including phenoxy) is 1. The van der Waals surface area contributed by atoms with E-state index >= 15 is 0 Å². The average molecular weight is 274 g/mol. The number of hydrogen-bond donors (Lipinski definition) is 1. The number of aliphatic hydroxyl groups excluding tert-OH is 1. The van der Waals surface area contributed by atoms with Crippen LogP contribution in [-0.4, -0.2) is 42.4 Å². The SMILES string of the molecule is N#CCc1ccc(OCCN(CCO)C2CCC2)cc1. The lowest BCUT2D eigenvalue weighted by atomic mass is 9.91. The fourth-order valence-electron chi connectivity index (χ4n) is 2.43. The number of aliphatic hydroxyl groups is 1. The Morgan fingerprint density at radius 2 is 2.00 bits per heavy atom. The van der Waals surface area contributed by atoms with Gasteiger partial charge in [-0.05, 0) is 30.5 Å². The highest BCUT2D eigenvalue weighted by molar-refractivity contribution is 5.28. The van der Waals surface area contributed by atoms with Gasteiger partial charge in [-0.1, -0.05) is 18.6 Å². The Balaban J connectivity index is 1.74. The topological polar surface area (TPSA) is 56.5 Å². The Kier molecular flexibility index (Phi) is 5.85. The van der Waals surface area contributed by atoms with Gasteiger partial charge < -0.3 is 9.84 Å². The van der Waals surface area contributed by atoms with E-state index in [4.69, 9.17) is 15.1 Å². The zero-order chi connectivity index (χ0) is 14.2. The van der Waals surface area contributed by atoms with Crippen LogP contribution in [0.5, 0.6) is 5.75 Å². The Bertz CT molecular complexity index is 435. The molecule has 4 nitrogen and oxygen atoms in total. The van der Waals surface area contributed by atoms with Gasteiger partial charge >= 0.3 is 0 Å². The first-order valence-corrected chi connectivity index (χ1v) is 7.27. The molecule has 1 aliphatic rings. The van der Waals surface area contributed by atoms with Crippen LogP contribution in [-0.2, 0) is 6.42 Å². The molecular weight excluding hydrogens is 252 g/mol. The molecule has 1 N–H and O–H groups in total. The molecule has 0 heterocycles. The van der Waals surface area contributed by atoms with Crippen LogP contribution in [0.3, 0.4) is 0 Å². The lowest BCUT2D eigenvalue weighted by molar-refractivity contribution is 0.0860. The van der Waals surface area contributed by atoms with Crippen molar-refractivity contribution < 1.29 is 9.84 Å². The number of nitrogens with zero attached hydrogens (tertiary/aromatic N) is 2. The molecule has 0 unspecified atom stereocenters. The molecule has 0 spiro atoms. The predicted octanol–water partition coefficient (Wildman–Crippen LogP) is 1.98. The number of hydrogen-bond acceptors (Lipinski definition) is 4. The van der Waals surface area contributed by atoms with E-state index in [1.165, 1.54) is 19.3 Å². The molecule has 1 saturated carbocycles. The second-order valence-corrected chi connectivity index (χ2v) is 5.17. The molecule has 0 amide bonds. The molecule has 108 valence electrons. The summed E-state index contributed by atoms with van der Waals surface area (Å²) in [5.74, 6) is 0.837. The quantitative estimate of drug-likeness (QED) is 0.787. The maximum atomic E-state index is 9.09. The Hall–Kier alpha value is -1.57. The second-order valence-electron chi connectivity index (χ2n) is 5.17. The molecular formula is C16H22N2O2. The fourth-order valence-corrected chi connectivity index (χ4v) is 2.43. The molecule has 1 aromatic rings. The van der Waals surface area contributed by atoms with Gasteiger partial charge in [0.15, 0.2) is 0 Å². The first kappa shape index (κ1) is 14.8. The van der Waals surface area contributed by atoms with E-state index < -0.39 is 0 Å².